The molecule has 2 rings (SSSR count). The van der Waals surface area contributed by atoms with Gasteiger partial charge in [0, 0.05) is 12.1 Å². The summed E-state index contributed by atoms with van der Waals surface area (Å²) in [4.78, 5) is 27.3. The minimum absolute atomic E-state index is 0.125. The molecular formula is C24H32N2O5. The van der Waals surface area contributed by atoms with Crippen LogP contribution in [0, 0.1) is 5.41 Å². The van der Waals surface area contributed by atoms with Crippen molar-refractivity contribution in [3.8, 4) is 5.75 Å². The van der Waals surface area contributed by atoms with Gasteiger partial charge in [-0.3, -0.25) is 10.1 Å². The molecule has 168 valence electrons. The smallest absolute Gasteiger partial charge is 0.413 e. The fourth-order valence-electron chi connectivity index (χ4n) is 3.10. The predicted octanol–water partition coefficient (Wildman–Crippen LogP) is 5.09. The van der Waals surface area contributed by atoms with E-state index in [-0.39, 0.29) is 11.8 Å². The van der Waals surface area contributed by atoms with Gasteiger partial charge in [0.15, 0.2) is 0 Å². The van der Waals surface area contributed by atoms with Crippen LogP contribution < -0.4 is 10.1 Å². The second-order valence-corrected chi connectivity index (χ2v) is 9.29. The molecule has 0 aliphatic rings. The molecule has 2 N–H and O–H groups in total. The third-order valence-corrected chi connectivity index (χ3v) is 4.30. The highest BCUT2D eigenvalue weighted by molar-refractivity contribution is 5.83. The molecule has 0 fully saturated rings. The third kappa shape index (κ3) is 9.51. The van der Waals surface area contributed by atoms with E-state index in [0.717, 1.165) is 17.0 Å². The van der Waals surface area contributed by atoms with Crippen LogP contribution in [0.15, 0.2) is 42.5 Å². The normalized spacial score (nSPS) is 11.6. The fourth-order valence-corrected chi connectivity index (χ4v) is 3.10. The number of aromatic nitrogens is 1. The Kier molecular flexibility index (Phi) is 8.02. The standard InChI is InChI=1S/C24H32N2O5/c1-23(2,3)31-22(29)26-20-8-6-7-18(25-20)13-14-30-19-11-9-17(10-12-19)15-24(4,5)16-21(27)28/h6-12H,13-16H2,1-5H3,(H,27,28)(H,25,26,29). The van der Waals surface area contributed by atoms with Gasteiger partial charge >= 0.3 is 12.1 Å². The van der Waals surface area contributed by atoms with E-state index < -0.39 is 17.7 Å². The number of carboxylic acids is 1. The molecule has 7 nitrogen and oxygen atoms in total. The lowest BCUT2D eigenvalue weighted by molar-refractivity contribution is -0.139. The topological polar surface area (TPSA) is 97.8 Å². The summed E-state index contributed by atoms with van der Waals surface area (Å²) in [7, 11) is 0. The van der Waals surface area contributed by atoms with Crippen molar-refractivity contribution in [2.24, 2.45) is 5.41 Å². The number of aliphatic carboxylic acids is 1. The molecule has 0 atom stereocenters. The van der Waals surface area contributed by atoms with E-state index in [0.29, 0.717) is 25.3 Å². The molecule has 1 amide bonds. The van der Waals surface area contributed by atoms with E-state index >= 15 is 0 Å². The number of anilines is 1. The summed E-state index contributed by atoms with van der Waals surface area (Å²) in [5.74, 6) is 0.381. The number of ether oxygens (including phenoxy) is 2. The van der Waals surface area contributed by atoms with E-state index in [2.05, 4.69) is 10.3 Å². The van der Waals surface area contributed by atoms with Crippen molar-refractivity contribution >= 4 is 17.9 Å². The number of rotatable bonds is 9. The zero-order chi connectivity index (χ0) is 23.1. The van der Waals surface area contributed by atoms with Gasteiger partial charge in [0.2, 0.25) is 0 Å². The Balaban J connectivity index is 1.84. The van der Waals surface area contributed by atoms with Crippen LogP contribution >= 0.6 is 0 Å². The maximum absolute atomic E-state index is 11.9. The highest BCUT2D eigenvalue weighted by Gasteiger charge is 2.22. The molecule has 7 heteroatoms. The largest absolute Gasteiger partial charge is 0.493 e. The summed E-state index contributed by atoms with van der Waals surface area (Å²) in [5, 5.41) is 11.6. The van der Waals surface area contributed by atoms with Gasteiger partial charge in [-0.25, -0.2) is 9.78 Å². The lowest BCUT2D eigenvalue weighted by atomic mass is 9.83. The van der Waals surface area contributed by atoms with Crippen LogP contribution in [0.2, 0.25) is 0 Å². The highest BCUT2D eigenvalue weighted by atomic mass is 16.6. The summed E-state index contributed by atoms with van der Waals surface area (Å²) in [5.41, 5.74) is 0.983. The minimum Gasteiger partial charge on any atom is -0.493 e. The van der Waals surface area contributed by atoms with E-state index in [9.17, 15) is 9.59 Å². The Hall–Kier alpha value is -3.09. The van der Waals surface area contributed by atoms with Crippen molar-refractivity contribution in [3.05, 3.63) is 53.7 Å². The minimum atomic E-state index is -0.788. The first-order chi connectivity index (χ1) is 14.4. The number of nitrogens with zero attached hydrogens (tertiary/aromatic N) is 1. The van der Waals surface area contributed by atoms with Crippen molar-refractivity contribution in [2.45, 2.75) is 59.5 Å². The maximum atomic E-state index is 11.9. The summed E-state index contributed by atoms with van der Waals surface area (Å²) >= 11 is 0. The molecule has 2 aromatic rings. The van der Waals surface area contributed by atoms with Crippen LogP contribution in [0.4, 0.5) is 10.6 Å². The number of amides is 1. The first-order valence-electron chi connectivity index (χ1n) is 10.3. The van der Waals surface area contributed by atoms with Crippen molar-refractivity contribution in [1.29, 1.82) is 0 Å². The third-order valence-electron chi connectivity index (χ3n) is 4.30. The van der Waals surface area contributed by atoms with Gasteiger partial charge in [-0.05, 0) is 62.4 Å². The number of carbonyl (C=O) groups excluding carboxylic acids is 1. The molecule has 0 radical (unpaired) electrons. The molecule has 0 saturated heterocycles. The van der Waals surface area contributed by atoms with Gasteiger partial charge in [-0.15, -0.1) is 0 Å². The highest BCUT2D eigenvalue weighted by Crippen LogP contribution is 2.27. The summed E-state index contributed by atoms with van der Waals surface area (Å²) < 4.78 is 11.0. The molecule has 1 heterocycles. The zero-order valence-corrected chi connectivity index (χ0v) is 18.9. The van der Waals surface area contributed by atoms with Crippen LogP contribution in [-0.4, -0.2) is 34.4 Å². The van der Waals surface area contributed by atoms with Gasteiger partial charge in [0.05, 0.1) is 13.0 Å². The number of hydrogen-bond donors (Lipinski definition) is 2. The number of hydrogen-bond acceptors (Lipinski definition) is 5. The number of pyridine rings is 1. The van der Waals surface area contributed by atoms with Gasteiger partial charge in [-0.2, -0.15) is 0 Å². The van der Waals surface area contributed by atoms with Crippen LogP contribution in [0.5, 0.6) is 5.75 Å². The van der Waals surface area contributed by atoms with Gasteiger partial charge < -0.3 is 14.6 Å². The number of nitrogens with one attached hydrogen (secondary N) is 1. The predicted molar refractivity (Wildman–Crippen MR) is 119 cm³/mol. The first kappa shape index (κ1) is 24.2. The van der Waals surface area contributed by atoms with Crippen LogP contribution in [-0.2, 0) is 22.4 Å². The molecule has 0 bridgehead atoms. The van der Waals surface area contributed by atoms with Crippen molar-refractivity contribution in [1.82, 2.24) is 4.98 Å². The first-order valence-corrected chi connectivity index (χ1v) is 10.3. The Morgan fingerprint density at radius 1 is 1.03 bits per heavy atom. The fraction of sp³-hybridized carbons (Fsp3) is 0.458. The summed E-state index contributed by atoms with van der Waals surface area (Å²) in [6, 6.07) is 13.1. The Labute approximate surface area is 183 Å². The van der Waals surface area contributed by atoms with Crippen LogP contribution in [0.3, 0.4) is 0 Å². The maximum Gasteiger partial charge on any atom is 0.413 e. The van der Waals surface area contributed by atoms with Gasteiger partial charge in [0.1, 0.15) is 17.2 Å². The van der Waals surface area contributed by atoms with Crippen molar-refractivity contribution < 1.29 is 24.2 Å². The molecule has 31 heavy (non-hydrogen) atoms. The number of carbonyl (C=O) groups is 2. The second kappa shape index (κ2) is 10.3. The Bertz CT molecular complexity index is 886. The van der Waals surface area contributed by atoms with Crippen molar-refractivity contribution in [2.75, 3.05) is 11.9 Å². The van der Waals surface area contributed by atoms with Gasteiger partial charge in [-0.1, -0.05) is 32.0 Å². The SMILES string of the molecule is CC(C)(CC(=O)O)Cc1ccc(OCCc2cccc(NC(=O)OC(C)(C)C)n2)cc1. The van der Waals surface area contributed by atoms with Crippen LogP contribution in [0.25, 0.3) is 0 Å². The summed E-state index contributed by atoms with van der Waals surface area (Å²) in [6.45, 7) is 9.74. The molecule has 0 aliphatic heterocycles. The van der Waals surface area contributed by atoms with Crippen LogP contribution in [0.1, 0.15) is 52.3 Å². The number of carboxylic acid groups (broad SMARTS) is 1. The molecule has 0 spiro atoms. The Morgan fingerprint density at radius 3 is 2.32 bits per heavy atom. The zero-order valence-electron chi connectivity index (χ0n) is 18.9. The molecule has 0 unspecified atom stereocenters. The lowest BCUT2D eigenvalue weighted by Crippen LogP contribution is -2.27. The van der Waals surface area contributed by atoms with E-state index in [1.54, 1.807) is 26.8 Å². The van der Waals surface area contributed by atoms with Crippen molar-refractivity contribution in [3.63, 3.8) is 0 Å². The average Bonchev–Trinajstić information content (AvgIpc) is 2.60. The Morgan fingerprint density at radius 2 is 1.71 bits per heavy atom. The monoisotopic (exact) mass is 428 g/mol. The second-order valence-electron chi connectivity index (χ2n) is 9.29. The molecule has 1 aromatic heterocycles. The van der Waals surface area contributed by atoms with Gasteiger partial charge in [0.25, 0.3) is 0 Å². The molecule has 1 aromatic carbocycles. The van der Waals surface area contributed by atoms with E-state index in [4.69, 9.17) is 14.6 Å². The van der Waals surface area contributed by atoms with E-state index in [1.807, 2.05) is 50.2 Å². The summed E-state index contributed by atoms with van der Waals surface area (Å²) in [6.07, 6.45) is 0.846. The van der Waals surface area contributed by atoms with E-state index in [1.165, 1.54) is 0 Å². The molecular weight excluding hydrogens is 396 g/mol. The number of benzene rings is 1. The molecule has 0 saturated carbocycles. The quantitative estimate of drug-likeness (QED) is 0.577. The lowest BCUT2D eigenvalue weighted by Gasteiger charge is -2.22. The average molecular weight is 429 g/mol. The molecule has 0 aliphatic carbocycles.